The fourth-order valence-electron chi connectivity index (χ4n) is 2.93. The predicted octanol–water partition coefficient (Wildman–Crippen LogP) is 4.54. The Bertz CT molecular complexity index is 1200. The number of benzene rings is 3. The van der Waals surface area contributed by atoms with Crippen molar-refractivity contribution in [2.45, 2.75) is 5.16 Å². The molecule has 3 aromatic carbocycles. The highest BCUT2D eigenvalue weighted by Gasteiger charge is 2.21. The fraction of sp³-hybridized carbons (Fsp3) is 0.0455. The molecule has 4 nitrogen and oxygen atoms in total. The van der Waals surface area contributed by atoms with Gasteiger partial charge < -0.3 is 0 Å². The van der Waals surface area contributed by atoms with Gasteiger partial charge in [0.25, 0.3) is 0 Å². The third kappa shape index (κ3) is 3.79. The van der Waals surface area contributed by atoms with Crippen LogP contribution in [0.5, 0.6) is 0 Å². The molecular weight excluding hydrogens is 436 g/mol. The lowest BCUT2D eigenvalue weighted by atomic mass is 10.2. The highest BCUT2D eigenvalue weighted by atomic mass is 79.9. The number of H-pyrrole nitrogens is 1. The van der Waals surface area contributed by atoms with Crippen LogP contribution in [-0.2, 0) is 0 Å². The quantitative estimate of drug-likeness (QED) is 0.254. The van der Waals surface area contributed by atoms with Gasteiger partial charge in [0.05, 0.1) is 5.75 Å². The Morgan fingerprint density at radius 2 is 1.61 bits per heavy atom. The smallest absolute Gasteiger partial charge is 0.293 e. The van der Waals surface area contributed by atoms with Gasteiger partial charge in [-0.2, -0.15) is 4.57 Å². The first-order valence-electron chi connectivity index (χ1n) is 8.67. The molecule has 0 saturated heterocycles. The number of para-hydroxylation sites is 2. The van der Waals surface area contributed by atoms with Crippen molar-refractivity contribution in [3.05, 3.63) is 99.3 Å². The van der Waals surface area contributed by atoms with E-state index in [0.29, 0.717) is 16.1 Å². The number of Topliss-reactive ketones (excluding diaryl/α,β-unsaturated/α-hetero) is 1. The number of hydrogen-bond acceptors (Lipinski definition) is 3. The average Bonchev–Trinajstić information content (AvgIpc) is 2.73. The van der Waals surface area contributed by atoms with Crippen LogP contribution >= 0.6 is 27.7 Å². The average molecular weight is 452 g/mol. The van der Waals surface area contributed by atoms with E-state index in [2.05, 4.69) is 20.9 Å². The second-order valence-corrected chi connectivity index (χ2v) is 8.05. The summed E-state index contributed by atoms with van der Waals surface area (Å²) in [7, 11) is 0. The molecule has 0 aliphatic carbocycles. The molecule has 28 heavy (non-hydrogen) atoms. The SMILES string of the molecule is O=C(CSc1[nH+]c2ccccc2c(=O)n1-c1ccccc1)c1ccc(Br)cc1. The largest absolute Gasteiger partial charge is 0.351 e. The number of fused-ring (bicyclic) bond motifs is 1. The summed E-state index contributed by atoms with van der Waals surface area (Å²) in [6.07, 6.45) is 0. The second kappa shape index (κ2) is 8.12. The summed E-state index contributed by atoms with van der Waals surface area (Å²) in [4.78, 5) is 29.0. The number of carbonyl (C=O) groups excluding carboxylic acids is 1. The molecule has 0 aliphatic rings. The molecule has 0 unspecified atom stereocenters. The van der Waals surface area contributed by atoms with E-state index in [1.807, 2.05) is 60.7 Å². The Balaban J connectivity index is 1.74. The lowest BCUT2D eigenvalue weighted by molar-refractivity contribution is -0.405. The summed E-state index contributed by atoms with van der Waals surface area (Å²) in [5, 5.41) is 1.23. The van der Waals surface area contributed by atoms with Crippen molar-refractivity contribution in [3.8, 4) is 5.69 Å². The van der Waals surface area contributed by atoms with Gasteiger partial charge in [0.1, 0.15) is 16.6 Å². The number of thioether (sulfide) groups is 1. The number of aromatic nitrogens is 2. The van der Waals surface area contributed by atoms with Crippen LogP contribution in [0.15, 0.2) is 93.3 Å². The van der Waals surface area contributed by atoms with Crippen LogP contribution in [0.2, 0.25) is 0 Å². The summed E-state index contributed by atoms with van der Waals surface area (Å²) in [6, 6.07) is 24.1. The van der Waals surface area contributed by atoms with Gasteiger partial charge in [0.2, 0.25) is 0 Å². The van der Waals surface area contributed by atoms with Crippen molar-refractivity contribution in [3.63, 3.8) is 0 Å². The maximum atomic E-state index is 13.1. The van der Waals surface area contributed by atoms with Crippen molar-refractivity contribution in [1.29, 1.82) is 0 Å². The zero-order chi connectivity index (χ0) is 19.5. The molecule has 0 aliphatic heterocycles. The van der Waals surface area contributed by atoms with Gasteiger partial charge in [0, 0.05) is 10.0 Å². The minimum Gasteiger partial charge on any atom is -0.293 e. The fourth-order valence-corrected chi connectivity index (χ4v) is 4.13. The first kappa shape index (κ1) is 18.7. The molecule has 0 amide bonds. The van der Waals surface area contributed by atoms with Crippen molar-refractivity contribution < 1.29 is 9.78 Å². The zero-order valence-corrected chi connectivity index (χ0v) is 17.2. The highest BCUT2D eigenvalue weighted by Crippen LogP contribution is 2.20. The number of carbonyl (C=O) groups is 1. The van der Waals surface area contributed by atoms with E-state index in [0.717, 1.165) is 15.7 Å². The van der Waals surface area contributed by atoms with Crippen molar-refractivity contribution >= 4 is 44.4 Å². The lowest BCUT2D eigenvalue weighted by Crippen LogP contribution is -2.29. The Kier molecular flexibility index (Phi) is 5.41. The number of aromatic amines is 1. The molecule has 0 spiro atoms. The molecule has 1 N–H and O–H groups in total. The summed E-state index contributed by atoms with van der Waals surface area (Å²) in [5.74, 6) is 0.231. The van der Waals surface area contributed by atoms with Crippen LogP contribution in [0.1, 0.15) is 10.4 Å². The monoisotopic (exact) mass is 451 g/mol. The number of halogens is 1. The summed E-state index contributed by atoms with van der Waals surface area (Å²) in [5.41, 5.74) is 2.04. The standard InChI is InChI=1S/C22H15BrN2O2S/c23-16-12-10-15(11-13-16)20(26)14-28-22-24-19-9-5-4-8-18(19)21(27)25(22)17-6-2-1-3-7-17/h1-13H,14H2/p+1. The Morgan fingerprint density at radius 3 is 2.36 bits per heavy atom. The van der Waals surface area contributed by atoms with Crippen LogP contribution < -0.4 is 10.5 Å². The Hall–Kier alpha value is -2.70. The third-order valence-electron chi connectivity index (χ3n) is 4.33. The molecule has 0 fully saturated rings. The molecule has 138 valence electrons. The Labute approximate surface area is 174 Å². The van der Waals surface area contributed by atoms with Crippen molar-refractivity contribution in [2.24, 2.45) is 0 Å². The van der Waals surface area contributed by atoms with Gasteiger partial charge in [-0.15, -0.1) is 0 Å². The van der Waals surface area contributed by atoms with Gasteiger partial charge in [0.15, 0.2) is 5.78 Å². The number of nitrogens with one attached hydrogen (secondary N) is 1. The number of ketones is 1. The lowest BCUT2D eigenvalue weighted by Gasteiger charge is -2.06. The van der Waals surface area contributed by atoms with E-state index in [1.165, 1.54) is 11.8 Å². The topological polar surface area (TPSA) is 53.2 Å². The molecule has 0 radical (unpaired) electrons. The zero-order valence-electron chi connectivity index (χ0n) is 14.8. The minimum absolute atomic E-state index is 0.00567. The summed E-state index contributed by atoms with van der Waals surface area (Å²) in [6.45, 7) is 0. The van der Waals surface area contributed by atoms with Gasteiger partial charge in [-0.05, 0) is 48.2 Å². The number of hydrogen-bond donors (Lipinski definition) is 0. The maximum absolute atomic E-state index is 13.1. The van der Waals surface area contributed by atoms with Crippen LogP contribution in [0.25, 0.3) is 16.6 Å². The van der Waals surface area contributed by atoms with Crippen molar-refractivity contribution in [2.75, 3.05) is 5.75 Å². The van der Waals surface area contributed by atoms with Gasteiger partial charge in [-0.3, -0.25) is 4.79 Å². The third-order valence-corrected chi connectivity index (χ3v) is 5.82. The van der Waals surface area contributed by atoms with Crippen LogP contribution in [0.3, 0.4) is 0 Å². The second-order valence-electron chi connectivity index (χ2n) is 6.17. The number of rotatable bonds is 5. The molecule has 0 atom stereocenters. The van der Waals surface area contributed by atoms with E-state index in [4.69, 9.17) is 0 Å². The van der Waals surface area contributed by atoms with Crippen LogP contribution in [0, 0.1) is 0 Å². The van der Waals surface area contributed by atoms with Crippen LogP contribution in [0.4, 0.5) is 0 Å². The molecular formula is C22H16BrN2O2S+. The predicted molar refractivity (Wildman–Crippen MR) is 115 cm³/mol. The summed E-state index contributed by atoms with van der Waals surface area (Å²) < 4.78 is 2.56. The molecule has 0 bridgehead atoms. The Morgan fingerprint density at radius 1 is 0.929 bits per heavy atom. The highest BCUT2D eigenvalue weighted by molar-refractivity contribution is 9.10. The summed E-state index contributed by atoms with van der Waals surface area (Å²) >= 11 is 4.70. The van der Waals surface area contributed by atoms with Gasteiger partial charge in [-0.1, -0.05) is 58.4 Å². The molecule has 6 heteroatoms. The molecule has 4 rings (SSSR count). The van der Waals surface area contributed by atoms with E-state index in [9.17, 15) is 9.59 Å². The number of nitrogens with zero attached hydrogens (tertiary/aromatic N) is 1. The molecule has 4 aromatic rings. The maximum Gasteiger partial charge on any atom is 0.351 e. The molecule has 0 saturated carbocycles. The first-order valence-corrected chi connectivity index (χ1v) is 10.5. The van der Waals surface area contributed by atoms with E-state index < -0.39 is 0 Å². The molecule has 1 aromatic heterocycles. The van der Waals surface area contributed by atoms with E-state index >= 15 is 0 Å². The minimum atomic E-state index is -0.112. The van der Waals surface area contributed by atoms with Crippen molar-refractivity contribution in [1.82, 2.24) is 4.57 Å². The van der Waals surface area contributed by atoms with Crippen LogP contribution in [-0.4, -0.2) is 16.1 Å². The molecule has 1 heterocycles. The first-order chi connectivity index (χ1) is 13.6. The van der Waals surface area contributed by atoms with Gasteiger partial charge >= 0.3 is 10.7 Å². The van der Waals surface area contributed by atoms with E-state index in [1.54, 1.807) is 22.8 Å². The van der Waals surface area contributed by atoms with Gasteiger partial charge in [-0.25, -0.2) is 9.78 Å². The van der Waals surface area contributed by atoms with E-state index in [-0.39, 0.29) is 17.1 Å². The normalized spacial score (nSPS) is 10.9.